The molecule has 2 aromatic carbocycles. The van der Waals surface area contributed by atoms with Crippen LogP contribution in [-0.2, 0) is 11.0 Å². The van der Waals surface area contributed by atoms with Gasteiger partial charge in [-0.05, 0) is 92.2 Å². The van der Waals surface area contributed by atoms with E-state index in [1.165, 1.54) is 6.07 Å². The zero-order valence-electron chi connectivity index (χ0n) is 21.2. The van der Waals surface area contributed by atoms with Gasteiger partial charge in [0.05, 0.1) is 12.0 Å². The number of halogens is 3. The molecule has 2 saturated carbocycles. The molecular weight excluding hydrogens is 467 g/mol. The monoisotopic (exact) mass is 505 g/mol. The Bertz CT molecular complexity index is 1040. The van der Waals surface area contributed by atoms with Gasteiger partial charge in [-0.1, -0.05) is 38.5 Å². The Morgan fingerprint density at radius 1 is 1.03 bits per heavy atom. The fraction of sp³-hybridized carbons (Fsp3) is 0.621. The van der Waals surface area contributed by atoms with Gasteiger partial charge in [-0.2, -0.15) is 13.2 Å². The average molecular weight is 506 g/mol. The second-order valence-corrected chi connectivity index (χ2v) is 10.6. The molecule has 2 fully saturated rings. The maximum atomic E-state index is 14.4. The fourth-order valence-corrected chi connectivity index (χ4v) is 6.00. The lowest BCUT2D eigenvalue weighted by Gasteiger charge is -2.31. The molecule has 2 aromatic rings. The summed E-state index contributed by atoms with van der Waals surface area (Å²) in [5.41, 5.74) is 0.132. The maximum absolute atomic E-state index is 14.4. The summed E-state index contributed by atoms with van der Waals surface area (Å²) in [6.45, 7) is 4.18. The quantitative estimate of drug-likeness (QED) is 0.383. The van der Waals surface area contributed by atoms with Crippen LogP contribution < -0.4 is 10.1 Å². The van der Waals surface area contributed by atoms with E-state index in [0.717, 1.165) is 56.9 Å². The first-order valence-corrected chi connectivity index (χ1v) is 13.5. The molecule has 0 saturated heterocycles. The van der Waals surface area contributed by atoms with E-state index in [1.54, 1.807) is 18.2 Å². The van der Waals surface area contributed by atoms with E-state index < -0.39 is 17.7 Å². The van der Waals surface area contributed by atoms with Crippen molar-refractivity contribution < 1.29 is 27.8 Å². The van der Waals surface area contributed by atoms with Gasteiger partial charge in [0, 0.05) is 12.1 Å². The third-order valence-electron chi connectivity index (χ3n) is 8.28. The van der Waals surface area contributed by atoms with Crippen molar-refractivity contribution in [3.8, 4) is 5.75 Å². The molecule has 0 bridgehead atoms. The second kappa shape index (κ2) is 11.4. The van der Waals surface area contributed by atoms with Crippen LogP contribution in [0.3, 0.4) is 0 Å². The molecule has 0 heterocycles. The molecular formula is C29H38F3NO3. The van der Waals surface area contributed by atoms with Gasteiger partial charge in [-0.15, -0.1) is 0 Å². The number of fused-ring (bicyclic) bond motifs is 1. The fourth-order valence-electron chi connectivity index (χ4n) is 6.00. The van der Waals surface area contributed by atoms with Crippen LogP contribution in [0.2, 0.25) is 0 Å². The molecule has 2 aliphatic rings. The lowest BCUT2D eigenvalue weighted by Crippen LogP contribution is -2.37. The zero-order chi connectivity index (χ0) is 25.9. The SMILES string of the molecule is CCC1CCC(Oc2ccc3ccc(C(CC)NC4CCC(C(=O)O)CC4)cc3c2C(F)(F)F)CC1. The number of aliphatic carboxylic acids is 1. The Labute approximate surface area is 211 Å². The topological polar surface area (TPSA) is 58.6 Å². The molecule has 4 nitrogen and oxygen atoms in total. The summed E-state index contributed by atoms with van der Waals surface area (Å²) in [5, 5.41) is 13.6. The summed E-state index contributed by atoms with van der Waals surface area (Å²) in [5.74, 6) is -0.469. The predicted octanol–water partition coefficient (Wildman–Crippen LogP) is 7.89. The van der Waals surface area contributed by atoms with Crippen molar-refractivity contribution in [1.82, 2.24) is 5.32 Å². The summed E-state index contributed by atoms with van der Waals surface area (Å²) in [6.07, 6.45) is 3.46. The van der Waals surface area contributed by atoms with E-state index in [1.807, 2.05) is 13.0 Å². The van der Waals surface area contributed by atoms with Gasteiger partial charge >= 0.3 is 12.1 Å². The van der Waals surface area contributed by atoms with Crippen molar-refractivity contribution >= 4 is 16.7 Å². The van der Waals surface area contributed by atoms with E-state index in [0.29, 0.717) is 24.1 Å². The first-order valence-electron chi connectivity index (χ1n) is 13.5. The summed E-state index contributed by atoms with van der Waals surface area (Å²) >= 11 is 0. The van der Waals surface area contributed by atoms with Gasteiger partial charge in [0.25, 0.3) is 0 Å². The minimum atomic E-state index is -4.53. The van der Waals surface area contributed by atoms with E-state index in [4.69, 9.17) is 4.74 Å². The predicted molar refractivity (Wildman–Crippen MR) is 135 cm³/mol. The van der Waals surface area contributed by atoms with Crippen LogP contribution in [0.15, 0.2) is 30.3 Å². The first kappa shape index (κ1) is 26.8. The Balaban J connectivity index is 1.58. The number of carboxylic acid groups (broad SMARTS) is 1. The van der Waals surface area contributed by atoms with E-state index >= 15 is 0 Å². The van der Waals surface area contributed by atoms with Crippen LogP contribution in [0.4, 0.5) is 13.2 Å². The molecule has 4 rings (SSSR count). The zero-order valence-corrected chi connectivity index (χ0v) is 21.2. The summed E-state index contributed by atoms with van der Waals surface area (Å²) < 4.78 is 49.2. The number of benzene rings is 2. The molecule has 1 atom stereocenters. The van der Waals surface area contributed by atoms with E-state index in [-0.39, 0.29) is 35.2 Å². The van der Waals surface area contributed by atoms with Gasteiger partial charge in [0.2, 0.25) is 0 Å². The highest BCUT2D eigenvalue weighted by Gasteiger charge is 2.38. The molecule has 198 valence electrons. The molecule has 0 spiro atoms. The van der Waals surface area contributed by atoms with Crippen LogP contribution in [0.25, 0.3) is 10.8 Å². The molecule has 0 radical (unpaired) electrons. The van der Waals surface area contributed by atoms with Gasteiger partial charge < -0.3 is 15.2 Å². The standard InChI is InChI=1S/C29H38F3NO3/c1-3-18-5-14-23(15-6-18)36-26-16-11-19-7-8-21(17-24(19)27(26)29(30,31)32)25(4-2)33-22-12-9-20(10-13-22)28(34)35/h7-8,11,16-18,20,22-23,25,33H,3-6,9-10,12-15H2,1-2H3,(H,34,35). The van der Waals surface area contributed by atoms with Gasteiger partial charge in [0.15, 0.2) is 0 Å². The molecule has 7 heteroatoms. The van der Waals surface area contributed by atoms with E-state index in [2.05, 4.69) is 12.2 Å². The van der Waals surface area contributed by atoms with Gasteiger partial charge in [-0.25, -0.2) is 0 Å². The minimum absolute atomic E-state index is 0.0694. The van der Waals surface area contributed by atoms with Crippen molar-refractivity contribution in [3.05, 3.63) is 41.5 Å². The lowest BCUT2D eigenvalue weighted by molar-refractivity contribution is -0.143. The van der Waals surface area contributed by atoms with Crippen LogP contribution in [0, 0.1) is 11.8 Å². The second-order valence-electron chi connectivity index (χ2n) is 10.6. The Morgan fingerprint density at radius 3 is 2.28 bits per heavy atom. The summed E-state index contributed by atoms with van der Waals surface area (Å²) in [7, 11) is 0. The first-order chi connectivity index (χ1) is 17.2. The third-order valence-corrected chi connectivity index (χ3v) is 8.28. The number of hydrogen-bond acceptors (Lipinski definition) is 3. The number of carboxylic acids is 1. The van der Waals surface area contributed by atoms with Crippen molar-refractivity contribution in [3.63, 3.8) is 0 Å². The smallest absolute Gasteiger partial charge is 0.420 e. The van der Waals surface area contributed by atoms with E-state index in [9.17, 15) is 23.1 Å². The lowest BCUT2D eigenvalue weighted by atomic mass is 9.85. The van der Waals surface area contributed by atoms with Crippen LogP contribution in [0.5, 0.6) is 5.75 Å². The third kappa shape index (κ3) is 6.16. The summed E-state index contributed by atoms with van der Waals surface area (Å²) in [4.78, 5) is 11.3. The normalized spacial score (nSPS) is 26.0. The average Bonchev–Trinajstić information content (AvgIpc) is 2.86. The van der Waals surface area contributed by atoms with Crippen LogP contribution in [-0.4, -0.2) is 23.2 Å². The van der Waals surface area contributed by atoms with Crippen molar-refractivity contribution in [2.75, 3.05) is 0 Å². The van der Waals surface area contributed by atoms with Crippen molar-refractivity contribution in [1.29, 1.82) is 0 Å². The molecule has 36 heavy (non-hydrogen) atoms. The molecule has 0 aliphatic heterocycles. The number of rotatable bonds is 8. The minimum Gasteiger partial charge on any atom is -0.490 e. The molecule has 2 aliphatic carbocycles. The molecule has 0 aromatic heterocycles. The Morgan fingerprint density at radius 2 is 1.69 bits per heavy atom. The number of carbonyl (C=O) groups is 1. The highest BCUT2D eigenvalue weighted by molar-refractivity contribution is 5.89. The maximum Gasteiger partial charge on any atom is 0.420 e. The number of nitrogens with one attached hydrogen (secondary N) is 1. The van der Waals surface area contributed by atoms with Crippen molar-refractivity contribution in [2.45, 2.75) is 102 Å². The largest absolute Gasteiger partial charge is 0.490 e. The number of alkyl halides is 3. The Hall–Kier alpha value is -2.28. The molecule has 1 unspecified atom stereocenters. The highest BCUT2D eigenvalue weighted by Crippen LogP contribution is 2.43. The molecule has 2 N–H and O–H groups in total. The summed E-state index contributed by atoms with van der Waals surface area (Å²) in [6, 6.07) is 8.60. The van der Waals surface area contributed by atoms with Gasteiger partial charge in [0.1, 0.15) is 11.3 Å². The van der Waals surface area contributed by atoms with Crippen LogP contribution in [0.1, 0.15) is 95.2 Å². The van der Waals surface area contributed by atoms with Gasteiger partial charge in [-0.3, -0.25) is 4.79 Å². The molecule has 0 amide bonds. The Kier molecular flexibility index (Phi) is 8.48. The number of ether oxygens (including phenoxy) is 1. The number of hydrogen-bond donors (Lipinski definition) is 2. The highest BCUT2D eigenvalue weighted by atomic mass is 19.4. The van der Waals surface area contributed by atoms with Crippen LogP contribution >= 0.6 is 0 Å². The van der Waals surface area contributed by atoms with Crippen molar-refractivity contribution in [2.24, 2.45) is 11.8 Å².